The maximum Gasteiger partial charge on any atom is 0.291 e. The molecule has 0 atom stereocenters. The number of rotatable bonds is 4. The number of aromatic nitrogens is 6. The van der Waals surface area contributed by atoms with Crippen LogP contribution in [0.1, 0.15) is 16.1 Å². The van der Waals surface area contributed by atoms with Crippen molar-refractivity contribution in [1.82, 2.24) is 29.1 Å². The molecule has 4 aromatic heterocycles. The molecule has 2 aromatic carbocycles. The molecule has 0 amide bonds. The Morgan fingerprint density at radius 3 is 2.59 bits per heavy atom. The molecule has 0 radical (unpaired) electrons. The van der Waals surface area contributed by atoms with Crippen LogP contribution in [-0.2, 0) is 27.1 Å². The number of fused-ring (bicyclic) bond motifs is 4. The fraction of sp³-hybridized carbons (Fsp3) is 0.167. The largest absolute Gasteiger partial charge is 0.323 e. The minimum Gasteiger partial charge on any atom is -0.323 e. The van der Waals surface area contributed by atoms with Crippen LogP contribution in [0.25, 0.3) is 32.2 Å². The molecule has 8 heteroatoms. The van der Waals surface area contributed by atoms with Gasteiger partial charge in [0.2, 0.25) is 0 Å². The van der Waals surface area contributed by atoms with Crippen LogP contribution < -0.4 is 5.56 Å². The number of thiazole rings is 1. The van der Waals surface area contributed by atoms with Crippen molar-refractivity contribution < 1.29 is 0 Å². The van der Waals surface area contributed by atoms with Crippen LogP contribution >= 0.6 is 11.3 Å². The molecular weight excluding hydrogens is 420 g/mol. The number of aryl methyl sites for hydroxylation is 2. The minimum absolute atomic E-state index is 0.110. The van der Waals surface area contributed by atoms with E-state index in [0.29, 0.717) is 12.1 Å². The molecule has 0 spiro atoms. The van der Waals surface area contributed by atoms with Crippen LogP contribution in [0.5, 0.6) is 0 Å². The molecule has 0 N–H and O–H groups in total. The van der Waals surface area contributed by atoms with E-state index in [2.05, 4.69) is 22.3 Å². The van der Waals surface area contributed by atoms with Gasteiger partial charge in [-0.3, -0.25) is 9.48 Å². The Balaban J connectivity index is 1.43. The lowest BCUT2D eigenvalue weighted by Gasteiger charge is -2.07. The van der Waals surface area contributed by atoms with Crippen molar-refractivity contribution in [2.75, 3.05) is 0 Å². The van der Waals surface area contributed by atoms with Gasteiger partial charge in [0.15, 0.2) is 5.65 Å². The highest BCUT2D eigenvalue weighted by Crippen LogP contribution is 2.31. The number of nitrogens with zero attached hydrogens (tertiary/aromatic N) is 6. The Kier molecular flexibility index (Phi) is 4.22. The third kappa shape index (κ3) is 2.87. The van der Waals surface area contributed by atoms with Crippen LogP contribution in [0, 0.1) is 0 Å². The lowest BCUT2D eigenvalue weighted by atomic mass is 10.1. The average molecular weight is 441 g/mol. The summed E-state index contributed by atoms with van der Waals surface area (Å²) in [4.78, 5) is 18.2. The second-order valence-electron chi connectivity index (χ2n) is 7.97. The summed E-state index contributed by atoms with van der Waals surface area (Å²) in [5.41, 5.74) is 4.64. The molecule has 158 valence electrons. The van der Waals surface area contributed by atoms with Crippen molar-refractivity contribution in [1.29, 1.82) is 0 Å². The van der Waals surface area contributed by atoms with Gasteiger partial charge in [0.05, 0.1) is 29.2 Å². The molecule has 0 saturated carbocycles. The summed E-state index contributed by atoms with van der Waals surface area (Å²) in [6.07, 6.45) is 4.42. The van der Waals surface area contributed by atoms with Crippen LogP contribution in [0.15, 0.2) is 65.7 Å². The quantitative estimate of drug-likeness (QED) is 0.417. The van der Waals surface area contributed by atoms with E-state index in [9.17, 15) is 4.79 Å². The minimum atomic E-state index is -0.110. The summed E-state index contributed by atoms with van der Waals surface area (Å²) in [5.74, 6) is 0. The Labute approximate surface area is 187 Å². The van der Waals surface area contributed by atoms with E-state index in [1.807, 2.05) is 65.9 Å². The van der Waals surface area contributed by atoms with Gasteiger partial charge in [-0.2, -0.15) is 10.2 Å². The topological polar surface area (TPSA) is 70.5 Å². The predicted molar refractivity (Wildman–Crippen MR) is 127 cm³/mol. The molecule has 4 heterocycles. The number of hydrogen-bond acceptors (Lipinski definition) is 5. The summed E-state index contributed by atoms with van der Waals surface area (Å²) in [6.45, 7) is 0.392. The van der Waals surface area contributed by atoms with Gasteiger partial charge in [-0.1, -0.05) is 42.5 Å². The second kappa shape index (κ2) is 7.13. The van der Waals surface area contributed by atoms with E-state index >= 15 is 0 Å². The maximum atomic E-state index is 13.4. The second-order valence-corrected chi connectivity index (χ2v) is 9.05. The van der Waals surface area contributed by atoms with Crippen molar-refractivity contribution in [3.05, 3.63) is 87.4 Å². The zero-order valence-electron chi connectivity index (χ0n) is 17.7. The predicted octanol–water partition coefficient (Wildman–Crippen LogP) is 3.87. The summed E-state index contributed by atoms with van der Waals surface area (Å²) in [5, 5.41) is 11.8. The number of benzene rings is 2. The number of hydrogen-bond donors (Lipinski definition) is 0. The van der Waals surface area contributed by atoms with Gasteiger partial charge in [0.1, 0.15) is 10.5 Å². The van der Waals surface area contributed by atoms with E-state index in [4.69, 9.17) is 4.98 Å². The SMILES string of the molecule is Cn1ncc2c(Cn3ncc4c5sc(Cc6ccccc6)nc5n(C)c4c3=O)cccc21. The average Bonchev–Trinajstić information content (AvgIpc) is 3.46. The fourth-order valence-corrected chi connectivity index (χ4v) is 5.47. The van der Waals surface area contributed by atoms with Gasteiger partial charge in [-0.05, 0) is 17.2 Å². The Hall–Kier alpha value is -3.78. The van der Waals surface area contributed by atoms with E-state index in [1.54, 1.807) is 17.5 Å². The lowest BCUT2D eigenvalue weighted by Crippen LogP contribution is -2.24. The van der Waals surface area contributed by atoms with Crippen molar-refractivity contribution in [2.24, 2.45) is 14.1 Å². The van der Waals surface area contributed by atoms with Crippen LogP contribution in [0.3, 0.4) is 0 Å². The molecule has 6 aromatic rings. The molecule has 0 aliphatic heterocycles. The summed E-state index contributed by atoms with van der Waals surface area (Å²) in [7, 11) is 3.82. The van der Waals surface area contributed by atoms with Crippen LogP contribution in [0.2, 0.25) is 0 Å². The molecular formula is C24H20N6OS. The zero-order chi connectivity index (χ0) is 21.8. The molecule has 0 bridgehead atoms. The standard InChI is InChI=1S/C24H20N6OS/c1-28-21-18(22-23(28)27-20(32-22)11-15-7-4-3-5-8-15)13-26-30(24(21)31)14-16-9-6-10-19-17(16)12-25-29(19)2/h3-10,12-13H,11,14H2,1-2H3. The van der Waals surface area contributed by atoms with Crippen LogP contribution in [0.4, 0.5) is 0 Å². The third-order valence-electron chi connectivity index (χ3n) is 5.97. The molecule has 32 heavy (non-hydrogen) atoms. The molecule has 7 nitrogen and oxygen atoms in total. The normalized spacial score (nSPS) is 11.8. The highest BCUT2D eigenvalue weighted by molar-refractivity contribution is 7.19. The Morgan fingerprint density at radius 2 is 1.75 bits per heavy atom. The van der Waals surface area contributed by atoms with Gasteiger partial charge >= 0.3 is 0 Å². The molecule has 0 aliphatic carbocycles. The first-order valence-corrected chi connectivity index (χ1v) is 11.2. The van der Waals surface area contributed by atoms with Gasteiger partial charge in [0.25, 0.3) is 5.56 Å². The summed E-state index contributed by atoms with van der Waals surface area (Å²) >= 11 is 1.63. The molecule has 0 unspecified atom stereocenters. The monoisotopic (exact) mass is 440 g/mol. The first-order valence-electron chi connectivity index (χ1n) is 10.4. The van der Waals surface area contributed by atoms with Gasteiger partial charge in [0, 0.05) is 31.3 Å². The Morgan fingerprint density at radius 1 is 0.938 bits per heavy atom. The smallest absolute Gasteiger partial charge is 0.291 e. The molecule has 0 aliphatic rings. The first-order chi connectivity index (χ1) is 15.6. The van der Waals surface area contributed by atoms with Gasteiger partial charge in [-0.15, -0.1) is 11.3 Å². The van der Waals surface area contributed by atoms with E-state index in [1.165, 1.54) is 10.2 Å². The lowest BCUT2D eigenvalue weighted by molar-refractivity contribution is 0.647. The fourth-order valence-electron chi connectivity index (χ4n) is 4.33. The van der Waals surface area contributed by atoms with E-state index in [-0.39, 0.29) is 5.56 Å². The zero-order valence-corrected chi connectivity index (χ0v) is 18.5. The highest BCUT2D eigenvalue weighted by atomic mass is 32.1. The third-order valence-corrected chi connectivity index (χ3v) is 7.05. The van der Waals surface area contributed by atoms with Crippen LogP contribution in [-0.4, -0.2) is 29.1 Å². The Bertz CT molecular complexity index is 1670. The highest BCUT2D eigenvalue weighted by Gasteiger charge is 2.19. The van der Waals surface area contributed by atoms with Gasteiger partial charge < -0.3 is 4.57 Å². The summed E-state index contributed by atoms with van der Waals surface area (Å²) < 4.78 is 6.28. The van der Waals surface area contributed by atoms with Crippen molar-refractivity contribution in [3.8, 4) is 0 Å². The first kappa shape index (κ1) is 18.9. The maximum absolute atomic E-state index is 13.4. The molecule has 6 rings (SSSR count). The van der Waals surface area contributed by atoms with Crippen molar-refractivity contribution >= 4 is 43.5 Å². The van der Waals surface area contributed by atoms with Gasteiger partial charge in [-0.25, -0.2) is 9.67 Å². The van der Waals surface area contributed by atoms with Crippen molar-refractivity contribution in [2.45, 2.75) is 13.0 Å². The molecule has 0 fully saturated rings. The molecule has 0 saturated heterocycles. The van der Waals surface area contributed by atoms with E-state index in [0.717, 1.165) is 43.6 Å². The summed E-state index contributed by atoms with van der Waals surface area (Å²) in [6, 6.07) is 16.3. The van der Waals surface area contributed by atoms with Crippen molar-refractivity contribution in [3.63, 3.8) is 0 Å². The van der Waals surface area contributed by atoms with E-state index < -0.39 is 0 Å².